The van der Waals surface area contributed by atoms with E-state index in [2.05, 4.69) is 35.6 Å². The van der Waals surface area contributed by atoms with E-state index in [0.29, 0.717) is 13.0 Å². The van der Waals surface area contributed by atoms with Gasteiger partial charge in [0.1, 0.15) is 0 Å². The Labute approximate surface area is 151 Å². The van der Waals surface area contributed by atoms with Crippen molar-refractivity contribution in [3.05, 3.63) is 46.3 Å². The standard InChI is InChI=1S/C20H22N2O2S/c23-18-7-3-11-22(18)12-4-10-21-20(24)17-13-15-9-8-14-5-1-2-6-16(14)19(15)25-17/h1-2,5-6,13H,3-4,7-12H2,(H,21,24). The lowest BCUT2D eigenvalue weighted by molar-refractivity contribution is -0.127. The summed E-state index contributed by atoms with van der Waals surface area (Å²) in [6.07, 6.45) is 4.51. The average Bonchev–Trinajstić information content (AvgIpc) is 3.25. The summed E-state index contributed by atoms with van der Waals surface area (Å²) in [6.45, 7) is 2.22. The van der Waals surface area contributed by atoms with Crippen molar-refractivity contribution < 1.29 is 9.59 Å². The van der Waals surface area contributed by atoms with E-state index in [-0.39, 0.29) is 11.8 Å². The first-order chi connectivity index (χ1) is 12.2. The third-order valence-corrected chi connectivity index (χ3v) is 6.23. The molecule has 0 radical (unpaired) electrons. The van der Waals surface area contributed by atoms with Crippen LogP contribution in [0.3, 0.4) is 0 Å². The Balaban J connectivity index is 1.36. The number of nitrogens with zero attached hydrogens (tertiary/aromatic N) is 1. The second-order valence-electron chi connectivity index (χ2n) is 6.72. The third kappa shape index (κ3) is 3.33. The maximum atomic E-state index is 12.5. The molecule has 0 atom stereocenters. The highest BCUT2D eigenvalue weighted by atomic mass is 32.1. The van der Waals surface area contributed by atoms with Gasteiger partial charge in [-0.3, -0.25) is 9.59 Å². The van der Waals surface area contributed by atoms with Gasteiger partial charge in [0, 0.05) is 30.9 Å². The van der Waals surface area contributed by atoms with Gasteiger partial charge in [-0.25, -0.2) is 0 Å². The zero-order valence-electron chi connectivity index (χ0n) is 14.2. The molecule has 2 aliphatic rings. The number of carbonyl (C=O) groups is 2. The molecule has 5 heteroatoms. The van der Waals surface area contributed by atoms with Crippen LogP contribution >= 0.6 is 11.3 Å². The summed E-state index contributed by atoms with van der Waals surface area (Å²) in [6, 6.07) is 10.5. The Morgan fingerprint density at radius 2 is 2.00 bits per heavy atom. The molecule has 1 aromatic heterocycles. The topological polar surface area (TPSA) is 49.4 Å². The Morgan fingerprint density at radius 1 is 1.16 bits per heavy atom. The maximum absolute atomic E-state index is 12.5. The number of nitrogens with one attached hydrogen (secondary N) is 1. The van der Waals surface area contributed by atoms with Crippen molar-refractivity contribution in [1.82, 2.24) is 10.2 Å². The molecule has 2 amide bonds. The van der Waals surface area contributed by atoms with E-state index < -0.39 is 0 Å². The molecule has 1 aliphatic carbocycles. The Bertz CT molecular complexity index is 812. The van der Waals surface area contributed by atoms with Gasteiger partial charge in [0.15, 0.2) is 0 Å². The Hall–Kier alpha value is -2.14. The molecule has 0 bridgehead atoms. The maximum Gasteiger partial charge on any atom is 0.261 e. The van der Waals surface area contributed by atoms with Crippen LogP contribution in [0.1, 0.15) is 40.1 Å². The predicted molar refractivity (Wildman–Crippen MR) is 99.9 cm³/mol. The van der Waals surface area contributed by atoms with Crippen LogP contribution in [0.2, 0.25) is 0 Å². The van der Waals surface area contributed by atoms with E-state index in [1.807, 2.05) is 4.90 Å². The normalized spacial score (nSPS) is 15.8. The van der Waals surface area contributed by atoms with Gasteiger partial charge in [-0.15, -0.1) is 11.3 Å². The summed E-state index contributed by atoms with van der Waals surface area (Å²) in [5.41, 5.74) is 3.94. The summed E-state index contributed by atoms with van der Waals surface area (Å²) in [5.74, 6) is 0.251. The van der Waals surface area contributed by atoms with Gasteiger partial charge in [0.05, 0.1) is 4.88 Å². The van der Waals surface area contributed by atoms with E-state index >= 15 is 0 Å². The molecule has 0 saturated carbocycles. The van der Waals surface area contributed by atoms with E-state index in [4.69, 9.17) is 0 Å². The first kappa shape index (κ1) is 16.3. The number of rotatable bonds is 5. The van der Waals surface area contributed by atoms with Crippen LogP contribution < -0.4 is 5.32 Å². The van der Waals surface area contributed by atoms with Crippen LogP contribution in [0, 0.1) is 0 Å². The van der Waals surface area contributed by atoms with Crippen molar-refractivity contribution in [2.45, 2.75) is 32.1 Å². The predicted octanol–water partition coefficient (Wildman–Crippen LogP) is 3.26. The van der Waals surface area contributed by atoms with Crippen molar-refractivity contribution in [3.8, 4) is 10.4 Å². The monoisotopic (exact) mass is 354 g/mol. The summed E-state index contributed by atoms with van der Waals surface area (Å²) in [5, 5.41) is 3.00. The SMILES string of the molecule is O=C(NCCCN1CCCC1=O)c1cc2c(s1)-c1ccccc1CC2. The summed E-state index contributed by atoms with van der Waals surface area (Å²) >= 11 is 1.59. The van der Waals surface area contributed by atoms with Crippen LogP contribution in [-0.2, 0) is 17.6 Å². The summed E-state index contributed by atoms with van der Waals surface area (Å²) in [7, 11) is 0. The zero-order valence-corrected chi connectivity index (χ0v) is 15.0. The van der Waals surface area contributed by atoms with Gasteiger partial charge >= 0.3 is 0 Å². The van der Waals surface area contributed by atoms with Crippen LogP contribution in [0.5, 0.6) is 0 Å². The minimum absolute atomic E-state index is 0.00429. The van der Waals surface area contributed by atoms with Gasteiger partial charge in [-0.2, -0.15) is 0 Å². The Kier molecular flexibility index (Phi) is 4.57. The Morgan fingerprint density at radius 3 is 2.84 bits per heavy atom. The zero-order chi connectivity index (χ0) is 17.2. The number of carbonyl (C=O) groups excluding carboxylic acids is 2. The number of aryl methyl sites for hydroxylation is 2. The molecule has 1 N–H and O–H groups in total. The quantitative estimate of drug-likeness (QED) is 0.838. The molecule has 4 rings (SSSR count). The molecule has 1 aromatic carbocycles. The first-order valence-electron chi connectivity index (χ1n) is 8.99. The fourth-order valence-electron chi connectivity index (χ4n) is 3.68. The summed E-state index contributed by atoms with van der Waals surface area (Å²) in [4.78, 5) is 28.0. The van der Waals surface area contributed by atoms with Crippen LogP contribution in [0.15, 0.2) is 30.3 Å². The van der Waals surface area contributed by atoms with Gasteiger partial charge in [-0.05, 0) is 48.4 Å². The highest BCUT2D eigenvalue weighted by molar-refractivity contribution is 7.17. The van der Waals surface area contributed by atoms with Crippen molar-refractivity contribution in [2.24, 2.45) is 0 Å². The highest BCUT2D eigenvalue weighted by Crippen LogP contribution is 2.39. The van der Waals surface area contributed by atoms with Gasteiger partial charge in [0.2, 0.25) is 5.91 Å². The molecule has 130 valence electrons. The second-order valence-corrected chi connectivity index (χ2v) is 7.77. The second kappa shape index (κ2) is 7.00. The van der Waals surface area contributed by atoms with E-state index in [0.717, 1.165) is 43.6 Å². The minimum atomic E-state index is 0.00429. The largest absolute Gasteiger partial charge is 0.351 e. The smallest absolute Gasteiger partial charge is 0.261 e. The number of benzene rings is 1. The lowest BCUT2D eigenvalue weighted by Gasteiger charge is -2.15. The van der Waals surface area contributed by atoms with Gasteiger partial charge < -0.3 is 10.2 Å². The summed E-state index contributed by atoms with van der Waals surface area (Å²) < 4.78 is 0. The molecule has 2 aromatic rings. The van der Waals surface area contributed by atoms with Crippen LogP contribution in [0.4, 0.5) is 0 Å². The van der Waals surface area contributed by atoms with Crippen LogP contribution in [-0.4, -0.2) is 36.3 Å². The lowest BCUT2D eigenvalue weighted by atomic mass is 9.91. The molecule has 1 aliphatic heterocycles. The van der Waals surface area contributed by atoms with E-state index in [1.165, 1.54) is 21.6 Å². The molecule has 1 saturated heterocycles. The lowest BCUT2D eigenvalue weighted by Crippen LogP contribution is -2.30. The minimum Gasteiger partial charge on any atom is -0.351 e. The number of hydrogen-bond acceptors (Lipinski definition) is 3. The molecule has 0 spiro atoms. The van der Waals surface area contributed by atoms with Crippen molar-refractivity contribution in [1.29, 1.82) is 0 Å². The molecule has 25 heavy (non-hydrogen) atoms. The van der Waals surface area contributed by atoms with Crippen molar-refractivity contribution in [3.63, 3.8) is 0 Å². The average molecular weight is 354 g/mol. The number of amides is 2. The third-order valence-electron chi connectivity index (χ3n) is 5.02. The number of fused-ring (bicyclic) bond motifs is 3. The molecule has 2 heterocycles. The first-order valence-corrected chi connectivity index (χ1v) is 9.81. The van der Waals surface area contributed by atoms with Crippen molar-refractivity contribution in [2.75, 3.05) is 19.6 Å². The molecular formula is C20H22N2O2S. The van der Waals surface area contributed by atoms with Crippen molar-refractivity contribution >= 4 is 23.2 Å². The van der Waals surface area contributed by atoms with Gasteiger partial charge in [-0.1, -0.05) is 24.3 Å². The fourth-order valence-corrected chi connectivity index (χ4v) is 4.87. The number of hydrogen-bond donors (Lipinski definition) is 1. The molecular weight excluding hydrogens is 332 g/mol. The van der Waals surface area contributed by atoms with Gasteiger partial charge in [0.25, 0.3) is 5.91 Å². The number of thiophene rings is 1. The van der Waals surface area contributed by atoms with E-state index in [1.54, 1.807) is 11.3 Å². The molecule has 1 fully saturated rings. The molecule has 4 nitrogen and oxygen atoms in total. The fraction of sp³-hybridized carbons (Fsp3) is 0.400. The van der Waals surface area contributed by atoms with Crippen LogP contribution in [0.25, 0.3) is 10.4 Å². The van der Waals surface area contributed by atoms with E-state index in [9.17, 15) is 9.59 Å². The molecule has 0 unspecified atom stereocenters. The highest BCUT2D eigenvalue weighted by Gasteiger charge is 2.22. The number of likely N-dealkylation sites (tertiary alicyclic amines) is 1.